The number of ether oxygens (including phenoxy) is 2. The summed E-state index contributed by atoms with van der Waals surface area (Å²) in [7, 11) is 0. The molecule has 0 aromatic carbocycles. The fraction of sp³-hybridized carbons (Fsp3) is 0.833. The number of aliphatic hydroxyl groups is 6. The number of carbonyl (C=O) groups is 1. The van der Waals surface area contributed by atoms with Crippen LogP contribution in [0.15, 0.2) is 36.5 Å². The maximum absolute atomic E-state index is 12.9. The second-order valence-corrected chi connectivity index (χ2v) is 14.6. The number of hydrogen-bond acceptors (Lipinski definition) is 9. The minimum atomic E-state index is -1.61. The summed E-state index contributed by atoms with van der Waals surface area (Å²) in [6.07, 6.45) is 27.2. The maximum Gasteiger partial charge on any atom is 0.220 e. The van der Waals surface area contributed by atoms with E-state index in [1.807, 2.05) is 0 Å². The van der Waals surface area contributed by atoms with Crippen LogP contribution in [0.1, 0.15) is 162 Å². The van der Waals surface area contributed by atoms with Crippen molar-refractivity contribution in [3.05, 3.63) is 36.5 Å². The van der Waals surface area contributed by atoms with Gasteiger partial charge in [0.25, 0.3) is 0 Å². The number of amides is 1. The Morgan fingerprint density at radius 2 is 1.19 bits per heavy atom. The van der Waals surface area contributed by atoms with Crippen molar-refractivity contribution in [2.45, 2.75) is 210 Å². The lowest BCUT2D eigenvalue weighted by Crippen LogP contribution is -2.60. The molecule has 0 aromatic heterocycles. The van der Waals surface area contributed by atoms with Crippen LogP contribution in [0.4, 0.5) is 0 Å². The van der Waals surface area contributed by atoms with Gasteiger partial charge in [-0.1, -0.05) is 159 Å². The van der Waals surface area contributed by atoms with E-state index in [1.165, 1.54) is 64.2 Å². The highest BCUT2D eigenvalue weighted by molar-refractivity contribution is 5.76. The second-order valence-electron chi connectivity index (χ2n) is 14.6. The molecule has 1 rings (SSSR count). The molecule has 0 aliphatic carbocycles. The second kappa shape index (κ2) is 32.8. The van der Waals surface area contributed by atoms with E-state index >= 15 is 0 Å². The van der Waals surface area contributed by atoms with E-state index in [0.717, 1.165) is 64.2 Å². The van der Waals surface area contributed by atoms with Gasteiger partial charge in [0.1, 0.15) is 30.5 Å². The normalized spacial score (nSPS) is 22.8. The Balaban J connectivity index is 2.48. The third kappa shape index (κ3) is 23.2. The van der Waals surface area contributed by atoms with Crippen molar-refractivity contribution < 1.29 is 44.9 Å². The van der Waals surface area contributed by atoms with Crippen molar-refractivity contribution in [1.82, 2.24) is 5.32 Å². The lowest BCUT2D eigenvalue weighted by atomic mass is 9.98. The molecule has 1 amide bonds. The SMILES string of the molecule is CCCC/C=C/C=C/C=C\CCCCCCCC(=O)N[C@@H](COC1OC(CO)C(O)C(O)C1O)[C@H](O)[C@H](O)CCCCCCCCCCCCCC. The molecule has 1 aliphatic rings. The largest absolute Gasteiger partial charge is 0.394 e. The van der Waals surface area contributed by atoms with Crippen LogP contribution in [0.5, 0.6) is 0 Å². The Labute approximate surface area is 315 Å². The van der Waals surface area contributed by atoms with Gasteiger partial charge in [-0.15, -0.1) is 0 Å². The zero-order chi connectivity index (χ0) is 38.2. The van der Waals surface area contributed by atoms with E-state index in [9.17, 15) is 35.4 Å². The number of rotatable bonds is 33. The summed E-state index contributed by atoms with van der Waals surface area (Å²) < 4.78 is 11.1. The van der Waals surface area contributed by atoms with Crippen LogP contribution < -0.4 is 5.32 Å². The first-order valence-electron chi connectivity index (χ1n) is 20.8. The van der Waals surface area contributed by atoms with Crippen molar-refractivity contribution in [3.8, 4) is 0 Å². The van der Waals surface area contributed by atoms with Gasteiger partial charge >= 0.3 is 0 Å². The molecule has 0 radical (unpaired) electrons. The van der Waals surface area contributed by atoms with Gasteiger partial charge in [-0.05, 0) is 32.1 Å². The summed E-state index contributed by atoms with van der Waals surface area (Å²) in [6, 6.07) is -1.00. The van der Waals surface area contributed by atoms with E-state index in [-0.39, 0.29) is 18.9 Å². The van der Waals surface area contributed by atoms with Gasteiger partial charge in [0.15, 0.2) is 6.29 Å². The Morgan fingerprint density at radius 1 is 0.673 bits per heavy atom. The van der Waals surface area contributed by atoms with Crippen LogP contribution in [-0.4, -0.2) is 98.7 Å². The molecule has 0 aromatic rings. The van der Waals surface area contributed by atoms with E-state index < -0.39 is 55.6 Å². The molecule has 5 unspecified atom stereocenters. The fourth-order valence-corrected chi connectivity index (χ4v) is 6.42. The lowest BCUT2D eigenvalue weighted by Gasteiger charge is -2.40. The van der Waals surface area contributed by atoms with Gasteiger partial charge < -0.3 is 45.4 Å². The molecule has 8 atom stereocenters. The molecular weight excluding hydrogens is 662 g/mol. The predicted molar refractivity (Wildman–Crippen MR) is 209 cm³/mol. The molecular formula is C42H77NO9. The molecule has 0 spiro atoms. The highest BCUT2D eigenvalue weighted by Crippen LogP contribution is 2.23. The van der Waals surface area contributed by atoms with Crippen LogP contribution >= 0.6 is 0 Å². The van der Waals surface area contributed by atoms with Crippen molar-refractivity contribution in [3.63, 3.8) is 0 Å². The number of carbonyl (C=O) groups excluding carboxylic acids is 1. The van der Waals surface area contributed by atoms with Gasteiger partial charge in [-0.25, -0.2) is 0 Å². The fourth-order valence-electron chi connectivity index (χ4n) is 6.42. The van der Waals surface area contributed by atoms with Gasteiger partial charge in [0.05, 0.1) is 25.4 Å². The predicted octanol–water partition coefficient (Wildman–Crippen LogP) is 6.69. The first-order valence-corrected chi connectivity index (χ1v) is 20.8. The van der Waals surface area contributed by atoms with E-state index in [0.29, 0.717) is 12.8 Å². The van der Waals surface area contributed by atoms with Gasteiger partial charge in [0.2, 0.25) is 5.91 Å². The summed E-state index contributed by atoms with van der Waals surface area (Å²) in [6.45, 7) is 3.51. The Kier molecular flexibility index (Phi) is 30.5. The van der Waals surface area contributed by atoms with Crippen LogP contribution in [-0.2, 0) is 14.3 Å². The van der Waals surface area contributed by atoms with Crippen LogP contribution in [0.25, 0.3) is 0 Å². The van der Waals surface area contributed by atoms with Crippen molar-refractivity contribution in [1.29, 1.82) is 0 Å². The quantitative estimate of drug-likeness (QED) is 0.0287. The minimum Gasteiger partial charge on any atom is -0.394 e. The first-order chi connectivity index (χ1) is 25.3. The summed E-state index contributed by atoms with van der Waals surface area (Å²) in [5, 5.41) is 64.9. The molecule has 7 N–H and O–H groups in total. The highest BCUT2D eigenvalue weighted by atomic mass is 16.7. The van der Waals surface area contributed by atoms with E-state index in [2.05, 4.69) is 55.6 Å². The average Bonchev–Trinajstić information content (AvgIpc) is 3.14. The molecule has 1 aliphatic heterocycles. The molecule has 1 fully saturated rings. The first kappa shape index (κ1) is 48.4. The molecule has 1 saturated heterocycles. The molecule has 0 bridgehead atoms. The smallest absolute Gasteiger partial charge is 0.220 e. The molecule has 52 heavy (non-hydrogen) atoms. The highest BCUT2D eigenvalue weighted by Gasteiger charge is 2.44. The Morgan fingerprint density at radius 3 is 1.77 bits per heavy atom. The average molecular weight is 740 g/mol. The number of unbranched alkanes of at least 4 members (excludes halogenated alkanes) is 18. The summed E-state index contributed by atoms with van der Waals surface area (Å²) >= 11 is 0. The molecule has 1 heterocycles. The number of aliphatic hydroxyl groups excluding tert-OH is 6. The topological polar surface area (TPSA) is 169 Å². The van der Waals surface area contributed by atoms with Gasteiger partial charge in [-0.2, -0.15) is 0 Å². The third-order valence-corrected chi connectivity index (χ3v) is 9.90. The van der Waals surface area contributed by atoms with Crippen LogP contribution in [0, 0.1) is 0 Å². The van der Waals surface area contributed by atoms with Gasteiger partial charge in [0, 0.05) is 6.42 Å². The number of allylic oxidation sites excluding steroid dienone is 6. The third-order valence-electron chi connectivity index (χ3n) is 9.90. The van der Waals surface area contributed by atoms with Crippen molar-refractivity contribution in [2.75, 3.05) is 13.2 Å². The van der Waals surface area contributed by atoms with Crippen molar-refractivity contribution in [2.24, 2.45) is 0 Å². The van der Waals surface area contributed by atoms with E-state index in [1.54, 1.807) is 0 Å². The van der Waals surface area contributed by atoms with Gasteiger partial charge in [-0.3, -0.25) is 4.79 Å². The monoisotopic (exact) mass is 740 g/mol. The zero-order valence-corrected chi connectivity index (χ0v) is 32.7. The molecule has 304 valence electrons. The molecule has 10 nitrogen and oxygen atoms in total. The Hall–Kier alpha value is -1.63. The summed E-state index contributed by atoms with van der Waals surface area (Å²) in [5.41, 5.74) is 0. The van der Waals surface area contributed by atoms with E-state index in [4.69, 9.17) is 9.47 Å². The molecule has 0 saturated carbocycles. The number of hydrogen-bond donors (Lipinski definition) is 7. The summed E-state index contributed by atoms with van der Waals surface area (Å²) in [5.74, 6) is -0.280. The molecule has 10 heteroatoms. The Bertz CT molecular complexity index is 927. The lowest BCUT2D eigenvalue weighted by molar-refractivity contribution is -0.303. The summed E-state index contributed by atoms with van der Waals surface area (Å²) in [4.78, 5) is 12.9. The maximum atomic E-state index is 12.9. The van der Waals surface area contributed by atoms with Crippen LogP contribution in [0.3, 0.4) is 0 Å². The zero-order valence-electron chi connectivity index (χ0n) is 32.7. The number of nitrogens with one attached hydrogen (secondary N) is 1. The van der Waals surface area contributed by atoms with Crippen molar-refractivity contribution >= 4 is 5.91 Å². The standard InChI is InChI=1S/C42H77NO9/c1-3-5-7-9-11-13-15-17-18-19-21-23-25-27-29-31-37(46)43-34(33-51-42-41(50)40(49)39(48)36(32-44)52-42)38(47)35(45)30-28-26-24-22-20-16-14-12-10-8-6-4-2/h9,11,13,15,17-18,34-36,38-42,44-45,47-50H,3-8,10,12,14,16,19-33H2,1-2H3,(H,43,46)/b11-9+,15-13+,18-17-/t34-,35+,36?,38-,39?,40?,41?,42?/m0/s1. The van der Waals surface area contributed by atoms with Crippen LogP contribution in [0.2, 0.25) is 0 Å². The minimum absolute atomic E-state index is 0.259.